The fourth-order valence-electron chi connectivity index (χ4n) is 1.55. The Morgan fingerprint density at radius 2 is 1.44 bits per heavy atom. The highest BCUT2D eigenvalue weighted by atomic mass is 79.9. The van der Waals surface area contributed by atoms with Crippen molar-refractivity contribution in [2.45, 2.75) is 26.2 Å². The van der Waals surface area contributed by atoms with Crippen LogP contribution >= 0.6 is 49.9 Å². The van der Waals surface area contributed by atoms with Gasteiger partial charge in [-0.1, -0.05) is 22.9 Å². The highest BCUT2D eigenvalue weighted by Crippen LogP contribution is 1.98. The van der Waals surface area contributed by atoms with Crippen LogP contribution in [0, 0.1) is 0 Å². The first-order valence-electron chi connectivity index (χ1n) is 5.63. The van der Waals surface area contributed by atoms with Crippen LogP contribution < -0.4 is 0 Å². The summed E-state index contributed by atoms with van der Waals surface area (Å²) >= 11 is 3.49. The van der Waals surface area contributed by atoms with E-state index in [1.54, 1.807) is 0 Å². The van der Waals surface area contributed by atoms with Crippen LogP contribution in [0.1, 0.15) is 26.2 Å². The van der Waals surface area contributed by atoms with Crippen molar-refractivity contribution in [3.63, 3.8) is 0 Å². The molecule has 0 heterocycles. The third-order valence-corrected chi connectivity index (χ3v) is 2.79. The van der Waals surface area contributed by atoms with Gasteiger partial charge in [0.2, 0.25) is 0 Å². The second kappa shape index (κ2) is 16.4. The predicted octanol–water partition coefficient (Wildman–Crippen LogP) is 3.59. The Morgan fingerprint density at radius 1 is 0.875 bits per heavy atom. The van der Waals surface area contributed by atoms with E-state index in [9.17, 15) is 0 Å². The third-order valence-electron chi connectivity index (χ3n) is 2.23. The first-order chi connectivity index (χ1) is 6.70. The number of nitrogens with zero attached hydrogens (tertiary/aromatic N) is 2. The maximum absolute atomic E-state index is 3.49. The van der Waals surface area contributed by atoms with E-state index in [1.165, 1.54) is 45.4 Å². The Morgan fingerprint density at radius 3 is 1.88 bits per heavy atom. The van der Waals surface area contributed by atoms with E-state index >= 15 is 0 Å². The van der Waals surface area contributed by atoms with Crippen molar-refractivity contribution in [1.82, 2.24) is 9.80 Å². The molecular formula is C11H27Br3N2. The zero-order chi connectivity index (χ0) is 10.8. The average Bonchev–Trinajstić information content (AvgIpc) is 2.13. The molecule has 0 aromatic rings. The Bertz CT molecular complexity index is 124. The van der Waals surface area contributed by atoms with Crippen LogP contribution in [0.25, 0.3) is 0 Å². The van der Waals surface area contributed by atoms with Crippen LogP contribution in [0.3, 0.4) is 0 Å². The lowest BCUT2D eigenvalue weighted by molar-refractivity contribution is 0.256. The van der Waals surface area contributed by atoms with E-state index < -0.39 is 0 Å². The number of alkyl halides is 1. The summed E-state index contributed by atoms with van der Waals surface area (Å²) in [6.07, 6.45) is 3.82. The van der Waals surface area contributed by atoms with Crippen LogP contribution in [0.2, 0.25) is 0 Å². The molecule has 0 fully saturated rings. The summed E-state index contributed by atoms with van der Waals surface area (Å²) in [7, 11) is 4.28. The average molecular weight is 427 g/mol. The van der Waals surface area contributed by atoms with Crippen molar-refractivity contribution in [2.24, 2.45) is 0 Å². The molecular weight excluding hydrogens is 400 g/mol. The molecule has 0 amide bonds. The van der Waals surface area contributed by atoms with Gasteiger partial charge in [0.1, 0.15) is 0 Å². The van der Waals surface area contributed by atoms with E-state index in [4.69, 9.17) is 0 Å². The minimum Gasteiger partial charge on any atom is -0.309 e. The van der Waals surface area contributed by atoms with Gasteiger partial charge in [-0.3, -0.25) is 0 Å². The number of hydrogen-bond acceptors (Lipinski definition) is 2. The Kier molecular flexibility index (Phi) is 23.0. The molecule has 0 atom stereocenters. The van der Waals surface area contributed by atoms with Gasteiger partial charge in [-0.2, -0.15) is 0 Å². The molecule has 0 radical (unpaired) electrons. The molecule has 0 aliphatic carbocycles. The third kappa shape index (κ3) is 15.4. The summed E-state index contributed by atoms with van der Waals surface area (Å²) in [5.74, 6) is 0. The topological polar surface area (TPSA) is 6.48 Å². The smallest absolute Gasteiger partial charge is 0.00434 e. The van der Waals surface area contributed by atoms with Crippen LogP contribution in [0.15, 0.2) is 0 Å². The van der Waals surface area contributed by atoms with E-state index in [1.807, 2.05) is 0 Å². The van der Waals surface area contributed by atoms with Gasteiger partial charge in [0.25, 0.3) is 0 Å². The molecule has 0 aromatic carbocycles. The molecule has 16 heavy (non-hydrogen) atoms. The van der Waals surface area contributed by atoms with Gasteiger partial charge >= 0.3 is 0 Å². The van der Waals surface area contributed by atoms with Crippen molar-refractivity contribution >= 4 is 49.9 Å². The zero-order valence-electron chi connectivity index (χ0n) is 10.7. The second-order valence-electron chi connectivity index (χ2n) is 4.04. The summed E-state index contributed by atoms with van der Waals surface area (Å²) in [6.45, 7) is 7.20. The molecule has 0 N–H and O–H groups in total. The summed E-state index contributed by atoms with van der Waals surface area (Å²) in [5, 5.41) is 1.13. The zero-order valence-corrected chi connectivity index (χ0v) is 15.8. The van der Waals surface area contributed by atoms with E-state index in [0.717, 1.165) is 5.33 Å². The fraction of sp³-hybridized carbons (Fsp3) is 1.00. The van der Waals surface area contributed by atoms with Gasteiger partial charge in [0.05, 0.1) is 0 Å². The Hall–Kier alpha value is 1.36. The number of halogens is 3. The molecule has 2 nitrogen and oxygen atoms in total. The molecule has 102 valence electrons. The molecule has 0 unspecified atom stereocenters. The molecule has 0 spiro atoms. The minimum absolute atomic E-state index is 0. The Balaban J connectivity index is -0.000000845. The van der Waals surface area contributed by atoms with Crippen LogP contribution in [-0.2, 0) is 0 Å². The summed E-state index contributed by atoms with van der Waals surface area (Å²) in [4.78, 5) is 4.83. The SMILES string of the molecule is Br.Br.CCCN(CCCBr)CCCN(C)C. The highest BCUT2D eigenvalue weighted by molar-refractivity contribution is 9.09. The van der Waals surface area contributed by atoms with Crippen molar-refractivity contribution in [3.05, 3.63) is 0 Å². The highest BCUT2D eigenvalue weighted by Gasteiger charge is 2.02. The van der Waals surface area contributed by atoms with E-state index in [-0.39, 0.29) is 34.0 Å². The van der Waals surface area contributed by atoms with Crippen LogP contribution in [0.4, 0.5) is 0 Å². The molecule has 0 saturated heterocycles. The molecule has 0 aliphatic rings. The van der Waals surface area contributed by atoms with E-state index in [0.29, 0.717) is 0 Å². The summed E-state index contributed by atoms with van der Waals surface area (Å²) in [5.41, 5.74) is 0. The van der Waals surface area contributed by atoms with Crippen molar-refractivity contribution < 1.29 is 0 Å². The minimum atomic E-state index is 0. The maximum atomic E-state index is 3.49. The van der Waals surface area contributed by atoms with Gasteiger partial charge in [0, 0.05) is 5.33 Å². The van der Waals surface area contributed by atoms with Crippen LogP contribution in [-0.4, -0.2) is 55.4 Å². The Labute approximate surface area is 131 Å². The molecule has 0 bridgehead atoms. The maximum Gasteiger partial charge on any atom is 0.00434 e. The summed E-state index contributed by atoms with van der Waals surface area (Å²) < 4.78 is 0. The first-order valence-corrected chi connectivity index (χ1v) is 6.76. The standard InChI is InChI=1S/C11H25BrN2.2BrH/c1-4-8-14(10-5-7-12)11-6-9-13(2)3;;/h4-11H2,1-3H3;2*1H. The number of hydrogen-bond donors (Lipinski definition) is 0. The molecule has 0 rings (SSSR count). The summed E-state index contributed by atoms with van der Waals surface area (Å²) in [6, 6.07) is 0. The molecule has 5 heteroatoms. The van der Waals surface area contributed by atoms with Crippen LogP contribution in [0.5, 0.6) is 0 Å². The predicted molar refractivity (Wildman–Crippen MR) is 89.0 cm³/mol. The molecule has 0 saturated carbocycles. The van der Waals surface area contributed by atoms with Gasteiger partial charge in [0.15, 0.2) is 0 Å². The quantitative estimate of drug-likeness (QED) is 0.520. The van der Waals surface area contributed by atoms with Crippen molar-refractivity contribution in [3.8, 4) is 0 Å². The lowest BCUT2D eigenvalue weighted by Gasteiger charge is -2.22. The molecule has 0 aliphatic heterocycles. The van der Waals surface area contributed by atoms with Gasteiger partial charge in [-0.05, 0) is 59.5 Å². The lowest BCUT2D eigenvalue weighted by Crippen LogP contribution is -2.29. The van der Waals surface area contributed by atoms with Crippen molar-refractivity contribution in [1.29, 1.82) is 0 Å². The van der Waals surface area contributed by atoms with Gasteiger partial charge in [-0.15, -0.1) is 34.0 Å². The van der Waals surface area contributed by atoms with Gasteiger partial charge < -0.3 is 9.80 Å². The monoisotopic (exact) mass is 424 g/mol. The fourth-order valence-corrected chi connectivity index (χ4v) is 1.80. The normalized spacial score (nSPS) is 10.1. The van der Waals surface area contributed by atoms with Crippen molar-refractivity contribution in [2.75, 3.05) is 45.6 Å². The number of rotatable bonds is 9. The molecule has 0 aromatic heterocycles. The lowest BCUT2D eigenvalue weighted by atomic mass is 10.3. The van der Waals surface area contributed by atoms with Gasteiger partial charge in [-0.25, -0.2) is 0 Å². The second-order valence-corrected chi connectivity index (χ2v) is 4.83. The van der Waals surface area contributed by atoms with E-state index in [2.05, 4.69) is 46.7 Å². The first kappa shape index (κ1) is 22.5. The largest absolute Gasteiger partial charge is 0.309 e.